The minimum atomic E-state index is -0.512. The van der Waals surface area contributed by atoms with E-state index in [0.717, 1.165) is 16.6 Å². The number of nitrogens with one attached hydrogen (secondary N) is 1. The topological polar surface area (TPSA) is 82.2 Å². The molecular weight excluding hydrogens is 280 g/mol. The van der Waals surface area contributed by atoms with Gasteiger partial charge in [-0.05, 0) is 26.8 Å². The van der Waals surface area contributed by atoms with E-state index in [0.29, 0.717) is 13.1 Å². The van der Waals surface area contributed by atoms with Gasteiger partial charge in [-0.3, -0.25) is 4.68 Å². The lowest BCUT2D eigenvalue weighted by molar-refractivity contribution is 0.0524. The van der Waals surface area contributed by atoms with Crippen LogP contribution < -0.4 is 11.1 Å². The molecule has 2 rings (SSSR count). The third kappa shape index (κ3) is 3.76. The third-order valence-corrected chi connectivity index (χ3v) is 3.35. The van der Waals surface area contributed by atoms with Crippen molar-refractivity contribution in [3.8, 4) is 0 Å². The summed E-state index contributed by atoms with van der Waals surface area (Å²) in [5, 5.41) is 8.34. The summed E-state index contributed by atoms with van der Waals surface area (Å²) >= 11 is 0. The van der Waals surface area contributed by atoms with Gasteiger partial charge in [0.1, 0.15) is 5.60 Å². The number of benzene rings is 1. The van der Waals surface area contributed by atoms with E-state index in [1.54, 1.807) is 0 Å². The Morgan fingerprint density at radius 2 is 2.09 bits per heavy atom. The highest BCUT2D eigenvalue weighted by atomic mass is 16.6. The number of ether oxygens (including phenoxy) is 1. The Morgan fingerprint density at radius 3 is 2.73 bits per heavy atom. The van der Waals surface area contributed by atoms with Crippen LogP contribution in [-0.4, -0.2) is 34.6 Å². The van der Waals surface area contributed by atoms with E-state index in [2.05, 4.69) is 10.4 Å². The Balaban J connectivity index is 2.14. The molecule has 0 spiro atoms. The summed E-state index contributed by atoms with van der Waals surface area (Å²) in [6, 6.07) is 7.92. The van der Waals surface area contributed by atoms with Crippen LogP contribution in [0.25, 0.3) is 10.9 Å². The highest BCUT2D eigenvalue weighted by Gasteiger charge is 2.21. The fraction of sp³-hybridized carbons (Fsp3) is 0.500. The highest BCUT2D eigenvalue weighted by Crippen LogP contribution is 2.24. The maximum absolute atomic E-state index is 11.8. The number of amides is 1. The summed E-state index contributed by atoms with van der Waals surface area (Å²) in [6.45, 7) is 6.33. The largest absolute Gasteiger partial charge is 0.444 e. The van der Waals surface area contributed by atoms with Crippen molar-refractivity contribution in [1.29, 1.82) is 0 Å². The fourth-order valence-corrected chi connectivity index (χ4v) is 2.46. The number of hydrogen-bond donors (Lipinski definition) is 2. The van der Waals surface area contributed by atoms with Crippen LogP contribution in [0.4, 0.5) is 4.79 Å². The van der Waals surface area contributed by atoms with Crippen LogP contribution in [0, 0.1) is 0 Å². The summed E-state index contributed by atoms with van der Waals surface area (Å²) in [5.74, 6) is -0.0232. The predicted molar refractivity (Wildman–Crippen MR) is 86.7 cm³/mol. The number of rotatable bonds is 4. The monoisotopic (exact) mass is 304 g/mol. The van der Waals surface area contributed by atoms with Gasteiger partial charge in [0, 0.05) is 31.4 Å². The van der Waals surface area contributed by atoms with Crippen molar-refractivity contribution in [2.45, 2.75) is 32.3 Å². The molecule has 0 bridgehead atoms. The maximum Gasteiger partial charge on any atom is 0.407 e. The summed E-state index contributed by atoms with van der Waals surface area (Å²) < 4.78 is 7.09. The average molecular weight is 304 g/mol. The van der Waals surface area contributed by atoms with Crippen molar-refractivity contribution in [2.75, 3.05) is 13.1 Å². The number of fused-ring (bicyclic) bond motifs is 1. The smallest absolute Gasteiger partial charge is 0.407 e. The molecule has 1 unspecified atom stereocenters. The van der Waals surface area contributed by atoms with Gasteiger partial charge in [0.05, 0.1) is 11.2 Å². The summed E-state index contributed by atoms with van der Waals surface area (Å²) in [7, 11) is 1.89. The molecule has 0 aliphatic rings. The molecule has 3 N–H and O–H groups in total. The Kier molecular flexibility index (Phi) is 4.71. The molecule has 120 valence electrons. The molecule has 1 amide bonds. The first kappa shape index (κ1) is 16.3. The van der Waals surface area contributed by atoms with E-state index in [-0.39, 0.29) is 5.92 Å². The number of hydrogen-bond acceptors (Lipinski definition) is 4. The van der Waals surface area contributed by atoms with E-state index in [1.807, 2.05) is 56.8 Å². The Hall–Kier alpha value is -2.08. The molecule has 0 aliphatic heterocycles. The number of carbonyl (C=O) groups excluding carboxylic acids is 1. The summed E-state index contributed by atoms with van der Waals surface area (Å²) in [5.41, 5.74) is 7.34. The van der Waals surface area contributed by atoms with Crippen molar-refractivity contribution in [3.63, 3.8) is 0 Å². The highest BCUT2D eigenvalue weighted by molar-refractivity contribution is 5.82. The van der Waals surface area contributed by atoms with Crippen LogP contribution in [0.3, 0.4) is 0 Å². The molecule has 0 saturated carbocycles. The van der Waals surface area contributed by atoms with Crippen molar-refractivity contribution in [2.24, 2.45) is 12.8 Å². The average Bonchev–Trinajstić information content (AvgIpc) is 2.74. The van der Waals surface area contributed by atoms with Gasteiger partial charge in [-0.2, -0.15) is 5.10 Å². The van der Waals surface area contributed by atoms with Gasteiger partial charge in [-0.15, -0.1) is 0 Å². The van der Waals surface area contributed by atoms with Gasteiger partial charge in [-0.1, -0.05) is 18.2 Å². The zero-order chi connectivity index (χ0) is 16.3. The lowest BCUT2D eigenvalue weighted by Gasteiger charge is -2.21. The normalized spacial score (nSPS) is 13.1. The summed E-state index contributed by atoms with van der Waals surface area (Å²) in [6.07, 6.45) is -0.433. The third-order valence-electron chi connectivity index (χ3n) is 3.35. The first-order chi connectivity index (χ1) is 10.3. The van der Waals surface area contributed by atoms with E-state index in [9.17, 15) is 4.79 Å². The molecule has 0 radical (unpaired) electrons. The predicted octanol–water partition coefficient (Wildman–Crippen LogP) is 2.14. The number of nitrogens with two attached hydrogens (primary N) is 1. The lowest BCUT2D eigenvalue weighted by Crippen LogP contribution is -2.36. The molecule has 6 nitrogen and oxygen atoms in total. The van der Waals surface area contributed by atoms with Crippen molar-refractivity contribution in [1.82, 2.24) is 15.1 Å². The number of aromatic nitrogens is 2. The molecule has 6 heteroatoms. The number of nitrogens with zero attached hydrogens (tertiary/aromatic N) is 2. The van der Waals surface area contributed by atoms with Gasteiger partial charge in [-0.25, -0.2) is 4.79 Å². The molecular formula is C16H24N4O2. The van der Waals surface area contributed by atoms with Gasteiger partial charge < -0.3 is 15.8 Å². The first-order valence-corrected chi connectivity index (χ1v) is 7.40. The first-order valence-electron chi connectivity index (χ1n) is 7.40. The second-order valence-corrected chi connectivity index (χ2v) is 6.34. The molecule has 22 heavy (non-hydrogen) atoms. The SMILES string of the molecule is Cn1nc2ccccc2c1C(CN)CNC(=O)OC(C)(C)C. The Bertz CT molecular complexity index is 658. The number of alkyl carbamates (subject to hydrolysis) is 1. The molecule has 1 aromatic carbocycles. The standard InChI is InChI=1S/C16H24N4O2/c1-16(2,3)22-15(21)18-10-11(9-17)14-12-7-5-6-8-13(12)19-20(14)4/h5-8,11H,9-10,17H2,1-4H3,(H,18,21). The second kappa shape index (κ2) is 6.36. The van der Waals surface area contributed by atoms with Crippen molar-refractivity contribution >= 4 is 17.0 Å². The number of carbonyl (C=O) groups is 1. The molecule has 0 fully saturated rings. The molecule has 2 aromatic rings. The van der Waals surface area contributed by atoms with Crippen LogP contribution >= 0.6 is 0 Å². The van der Waals surface area contributed by atoms with Crippen LogP contribution in [0.2, 0.25) is 0 Å². The zero-order valence-corrected chi connectivity index (χ0v) is 13.6. The second-order valence-electron chi connectivity index (χ2n) is 6.34. The zero-order valence-electron chi connectivity index (χ0n) is 13.6. The van der Waals surface area contributed by atoms with Crippen LogP contribution in [0.1, 0.15) is 32.4 Å². The fourth-order valence-electron chi connectivity index (χ4n) is 2.46. The molecule has 1 atom stereocenters. The van der Waals surface area contributed by atoms with Gasteiger partial charge in [0.25, 0.3) is 0 Å². The van der Waals surface area contributed by atoms with Crippen LogP contribution in [0.5, 0.6) is 0 Å². The van der Waals surface area contributed by atoms with Gasteiger partial charge >= 0.3 is 6.09 Å². The van der Waals surface area contributed by atoms with Crippen LogP contribution in [0.15, 0.2) is 24.3 Å². The molecule has 0 saturated heterocycles. The van der Waals surface area contributed by atoms with Gasteiger partial charge in [0.2, 0.25) is 0 Å². The minimum absolute atomic E-state index is 0.0232. The van der Waals surface area contributed by atoms with E-state index in [1.165, 1.54) is 0 Å². The van der Waals surface area contributed by atoms with E-state index < -0.39 is 11.7 Å². The summed E-state index contributed by atoms with van der Waals surface area (Å²) in [4.78, 5) is 11.8. The quantitative estimate of drug-likeness (QED) is 0.906. The Morgan fingerprint density at radius 1 is 1.41 bits per heavy atom. The van der Waals surface area contributed by atoms with E-state index in [4.69, 9.17) is 10.5 Å². The Labute approximate surface area is 130 Å². The lowest BCUT2D eigenvalue weighted by atomic mass is 10.0. The van der Waals surface area contributed by atoms with Crippen molar-refractivity contribution < 1.29 is 9.53 Å². The van der Waals surface area contributed by atoms with Gasteiger partial charge in [0.15, 0.2) is 0 Å². The molecule has 0 aliphatic carbocycles. The number of aryl methyl sites for hydroxylation is 1. The minimum Gasteiger partial charge on any atom is -0.444 e. The maximum atomic E-state index is 11.8. The van der Waals surface area contributed by atoms with Crippen LogP contribution in [-0.2, 0) is 11.8 Å². The molecule has 1 heterocycles. The molecule has 1 aromatic heterocycles. The van der Waals surface area contributed by atoms with E-state index >= 15 is 0 Å². The van der Waals surface area contributed by atoms with Crippen molar-refractivity contribution in [3.05, 3.63) is 30.0 Å².